The Morgan fingerprint density at radius 1 is 1.15 bits per heavy atom. The number of nitrogens with zero attached hydrogens (tertiary/aromatic N) is 1. The predicted octanol–water partition coefficient (Wildman–Crippen LogP) is -1.05. The van der Waals surface area contributed by atoms with E-state index in [-0.39, 0.29) is 13.2 Å². The van der Waals surface area contributed by atoms with E-state index in [1.165, 1.54) is 7.11 Å². The molecule has 1 saturated heterocycles. The lowest BCUT2D eigenvalue weighted by Crippen LogP contribution is -2.43. The van der Waals surface area contributed by atoms with E-state index in [1.54, 1.807) is 0 Å². The highest BCUT2D eigenvalue weighted by molar-refractivity contribution is 6.07. The molecule has 0 saturated carbocycles. The topological polar surface area (TPSA) is 131 Å². The van der Waals surface area contributed by atoms with Crippen molar-refractivity contribution < 1.29 is 33.4 Å². The zero-order valence-electron chi connectivity index (χ0n) is 14.4. The number of carbonyl (C=O) groups is 5. The first kappa shape index (κ1) is 19.6. The van der Waals surface area contributed by atoms with Gasteiger partial charge < -0.3 is 14.8 Å². The largest absolute Gasteiger partial charge is 0.454 e. The molecule has 1 heterocycles. The van der Waals surface area contributed by atoms with E-state index >= 15 is 0 Å². The number of esters is 1. The van der Waals surface area contributed by atoms with Gasteiger partial charge in [0.1, 0.15) is 6.54 Å². The van der Waals surface area contributed by atoms with E-state index < -0.39 is 54.7 Å². The summed E-state index contributed by atoms with van der Waals surface area (Å²) < 4.78 is 9.46. The van der Waals surface area contributed by atoms with Crippen molar-refractivity contribution in [3.8, 4) is 0 Å². The lowest BCUT2D eigenvalue weighted by molar-refractivity contribution is -0.154. The van der Waals surface area contributed by atoms with E-state index in [2.05, 4.69) is 5.32 Å². The third-order valence-electron chi connectivity index (χ3n) is 4.10. The number of hydrogen-bond acceptors (Lipinski definition) is 7. The second-order valence-electron chi connectivity index (χ2n) is 5.88. The molecule has 1 aliphatic heterocycles. The average Bonchev–Trinajstić information content (AvgIpc) is 2.85. The number of methoxy groups -OCH3 is 1. The Hall–Kier alpha value is -2.75. The van der Waals surface area contributed by atoms with E-state index in [4.69, 9.17) is 9.47 Å². The van der Waals surface area contributed by atoms with Crippen LogP contribution in [-0.4, -0.2) is 68.0 Å². The maximum absolute atomic E-state index is 12.2. The van der Waals surface area contributed by atoms with Gasteiger partial charge >= 0.3 is 12.0 Å². The Morgan fingerprint density at radius 2 is 1.77 bits per heavy atom. The summed E-state index contributed by atoms with van der Waals surface area (Å²) in [5.74, 6) is -3.39. The number of fused-ring (bicyclic) bond motifs is 1. The molecule has 10 heteroatoms. The summed E-state index contributed by atoms with van der Waals surface area (Å²) in [6.45, 7) is -0.739. The number of allylic oxidation sites excluding steroid dienone is 2. The summed E-state index contributed by atoms with van der Waals surface area (Å²) >= 11 is 0. The number of hydrogen-bond donors (Lipinski definition) is 2. The first-order chi connectivity index (χ1) is 12.4. The van der Waals surface area contributed by atoms with Gasteiger partial charge in [0, 0.05) is 13.7 Å². The van der Waals surface area contributed by atoms with Gasteiger partial charge in [0.15, 0.2) is 6.61 Å². The standard InChI is InChI=1S/C16H21N3O7/c1-25-7-6-17-16(24)18-12(20)9-26-13(21)8-19-14(22)10-4-2-3-5-11(10)15(19)23/h2-3,10-11H,4-9H2,1H3,(H2,17,18,20,24)/t10-,11-/m0/s1. The second-order valence-corrected chi connectivity index (χ2v) is 5.88. The Balaban J connectivity index is 1.73. The van der Waals surface area contributed by atoms with Crippen LogP contribution in [0.15, 0.2) is 12.2 Å². The molecule has 26 heavy (non-hydrogen) atoms. The van der Waals surface area contributed by atoms with Crippen LogP contribution in [0.2, 0.25) is 0 Å². The first-order valence-corrected chi connectivity index (χ1v) is 8.16. The van der Waals surface area contributed by atoms with Gasteiger partial charge in [0.25, 0.3) is 5.91 Å². The molecule has 1 aliphatic carbocycles. The molecule has 5 amide bonds. The van der Waals surface area contributed by atoms with E-state index in [0.29, 0.717) is 12.8 Å². The molecule has 0 spiro atoms. The Morgan fingerprint density at radius 3 is 2.35 bits per heavy atom. The van der Waals surface area contributed by atoms with Crippen molar-refractivity contribution in [2.24, 2.45) is 11.8 Å². The van der Waals surface area contributed by atoms with Crippen LogP contribution in [0.3, 0.4) is 0 Å². The molecule has 0 aromatic rings. The minimum atomic E-state index is -0.895. The molecule has 0 aromatic carbocycles. The lowest BCUT2D eigenvalue weighted by Gasteiger charge is -2.14. The Kier molecular flexibility index (Phi) is 6.84. The van der Waals surface area contributed by atoms with Crippen molar-refractivity contribution in [2.45, 2.75) is 12.8 Å². The quantitative estimate of drug-likeness (QED) is 0.254. The van der Waals surface area contributed by atoms with Gasteiger partial charge in [-0.1, -0.05) is 12.2 Å². The van der Waals surface area contributed by atoms with Gasteiger partial charge in [-0.05, 0) is 12.8 Å². The van der Waals surface area contributed by atoms with Gasteiger partial charge in [-0.3, -0.25) is 29.4 Å². The zero-order chi connectivity index (χ0) is 19.1. The van der Waals surface area contributed by atoms with Crippen LogP contribution >= 0.6 is 0 Å². The van der Waals surface area contributed by atoms with E-state index in [1.807, 2.05) is 17.5 Å². The first-order valence-electron chi connectivity index (χ1n) is 8.16. The average molecular weight is 367 g/mol. The van der Waals surface area contributed by atoms with Crippen LogP contribution < -0.4 is 10.6 Å². The number of rotatable bonds is 7. The fourth-order valence-electron chi connectivity index (χ4n) is 2.82. The maximum atomic E-state index is 12.2. The number of carbonyl (C=O) groups excluding carboxylic acids is 5. The molecule has 0 aromatic heterocycles. The van der Waals surface area contributed by atoms with Gasteiger partial charge in [0.05, 0.1) is 18.4 Å². The lowest BCUT2D eigenvalue weighted by atomic mass is 9.85. The summed E-state index contributed by atoms with van der Waals surface area (Å²) in [6, 6.07) is -0.746. The van der Waals surface area contributed by atoms with Crippen LogP contribution in [0, 0.1) is 11.8 Å². The summed E-state index contributed by atoms with van der Waals surface area (Å²) in [6.07, 6.45) is 4.63. The van der Waals surface area contributed by atoms with Crippen molar-refractivity contribution in [3.05, 3.63) is 12.2 Å². The molecule has 0 radical (unpaired) electrons. The van der Waals surface area contributed by atoms with Crippen molar-refractivity contribution in [2.75, 3.05) is 33.4 Å². The zero-order valence-corrected chi connectivity index (χ0v) is 14.4. The third kappa shape index (κ3) is 4.88. The number of amides is 5. The highest BCUT2D eigenvalue weighted by Gasteiger charge is 2.47. The number of ether oxygens (including phenoxy) is 2. The van der Waals surface area contributed by atoms with Crippen molar-refractivity contribution in [1.29, 1.82) is 0 Å². The fourth-order valence-corrected chi connectivity index (χ4v) is 2.82. The summed E-state index contributed by atoms with van der Waals surface area (Å²) in [5, 5.41) is 4.33. The molecule has 2 N–H and O–H groups in total. The van der Waals surface area contributed by atoms with Crippen molar-refractivity contribution in [3.63, 3.8) is 0 Å². The molecular formula is C16H21N3O7. The molecule has 1 fully saturated rings. The number of likely N-dealkylation sites (tertiary alicyclic amines) is 1. The van der Waals surface area contributed by atoms with Gasteiger partial charge in [-0.2, -0.15) is 0 Å². The van der Waals surface area contributed by atoms with Crippen LogP contribution in [-0.2, 0) is 28.7 Å². The highest BCUT2D eigenvalue weighted by atomic mass is 16.5. The molecule has 2 rings (SSSR count). The molecule has 2 aliphatic rings. The number of nitrogens with one attached hydrogen (secondary N) is 2. The van der Waals surface area contributed by atoms with Gasteiger partial charge in [-0.25, -0.2) is 4.79 Å². The van der Waals surface area contributed by atoms with Crippen LogP contribution in [0.1, 0.15) is 12.8 Å². The van der Waals surface area contributed by atoms with Crippen LogP contribution in [0.25, 0.3) is 0 Å². The molecule has 142 valence electrons. The second kappa shape index (κ2) is 9.09. The maximum Gasteiger partial charge on any atom is 0.326 e. The molecule has 0 unspecified atom stereocenters. The molecule has 0 bridgehead atoms. The van der Waals surface area contributed by atoms with Crippen molar-refractivity contribution in [1.82, 2.24) is 15.5 Å². The smallest absolute Gasteiger partial charge is 0.326 e. The van der Waals surface area contributed by atoms with Gasteiger partial charge in [-0.15, -0.1) is 0 Å². The van der Waals surface area contributed by atoms with E-state index in [0.717, 1.165) is 4.90 Å². The SMILES string of the molecule is COCCNC(=O)NC(=O)COC(=O)CN1C(=O)[C@H]2CC=CC[C@@H]2C1=O. The van der Waals surface area contributed by atoms with Crippen LogP contribution in [0.4, 0.5) is 4.79 Å². The minimum Gasteiger partial charge on any atom is -0.454 e. The van der Waals surface area contributed by atoms with Gasteiger partial charge in [0.2, 0.25) is 11.8 Å². The summed E-state index contributed by atoms with van der Waals surface area (Å²) in [4.78, 5) is 60.0. The van der Waals surface area contributed by atoms with Crippen molar-refractivity contribution >= 4 is 29.7 Å². The number of urea groups is 1. The number of imide groups is 2. The highest BCUT2D eigenvalue weighted by Crippen LogP contribution is 2.34. The Labute approximate surface area is 149 Å². The Bertz CT molecular complexity index is 605. The monoisotopic (exact) mass is 367 g/mol. The fraction of sp³-hybridized carbons (Fsp3) is 0.562. The normalized spacial score (nSPS) is 21.3. The molecule has 10 nitrogen and oxygen atoms in total. The summed E-state index contributed by atoms with van der Waals surface area (Å²) in [5.41, 5.74) is 0. The molecular weight excluding hydrogens is 346 g/mol. The van der Waals surface area contributed by atoms with Crippen LogP contribution in [0.5, 0.6) is 0 Å². The van der Waals surface area contributed by atoms with E-state index in [9.17, 15) is 24.0 Å². The predicted molar refractivity (Wildman–Crippen MR) is 86.5 cm³/mol. The summed E-state index contributed by atoms with van der Waals surface area (Å²) in [7, 11) is 1.46. The minimum absolute atomic E-state index is 0.214. The third-order valence-corrected chi connectivity index (χ3v) is 4.10. The molecule has 2 atom stereocenters.